The van der Waals surface area contributed by atoms with Crippen LogP contribution in [0.15, 0.2) is 64.9 Å². The number of aliphatic hydroxyl groups is 1. The van der Waals surface area contributed by atoms with Crippen molar-refractivity contribution >= 4 is 41.3 Å². The van der Waals surface area contributed by atoms with E-state index in [0.29, 0.717) is 11.4 Å². The summed E-state index contributed by atoms with van der Waals surface area (Å²) >= 11 is 5.67. The monoisotopic (exact) mass is 445 g/mol. The molecule has 0 unspecified atom stereocenters. The molecular formula is C20H20ClN5O5. The van der Waals surface area contributed by atoms with Gasteiger partial charge < -0.3 is 20.0 Å². The Kier molecular flexibility index (Phi) is 8.99. The predicted molar refractivity (Wildman–Crippen MR) is 115 cm³/mol. The third-order valence-corrected chi connectivity index (χ3v) is 3.77. The number of nitrogens with zero attached hydrogens (tertiary/aromatic N) is 3. The van der Waals surface area contributed by atoms with E-state index in [9.17, 15) is 14.7 Å². The molecule has 10 nitrogen and oxygen atoms in total. The van der Waals surface area contributed by atoms with Crippen LogP contribution in [0.3, 0.4) is 0 Å². The Morgan fingerprint density at radius 3 is 2.52 bits per heavy atom. The molecule has 3 N–H and O–H groups in total. The average Bonchev–Trinajstić information content (AvgIpc) is 2.79. The Balaban J connectivity index is 2.30. The fourth-order valence-corrected chi connectivity index (χ4v) is 2.22. The molecule has 0 bridgehead atoms. The number of rotatable bonds is 9. The normalized spacial score (nSPS) is 12.2. The molecule has 0 fully saturated rings. The summed E-state index contributed by atoms with van der Waals surface area (Å²) in [6.07, 6.45) is 2.20. The van der Waals surface area contributed by atoms with Crippen LogP contribution >= 0.6 is 11.6 Å². The molecule has 0 saturated carbocycles. The van der Waals surface area contributed by atoms with E-state index in [-0.39, 0.29) is 28.8 Å². The number of hydrazine groups is 1. The summed E-state index contributed by atoms with van der Waals surface area (Å²) in [6.45, 7) is 1.72. The van der Waals surface area contributed by atoms with Crippen molar-refractivity contribution in [1.29, 1.82) is 0 Å². The van der Waals surface area contributed by atoms with E-state index in [4.69, 9.17) is 16.3 Å². The van der Waals surface area contributed by atoms with E-state index in [1.807, 2.05) is 0 Å². The minimum Gasteiger partial charge on any atom is -0.506 e. The maximum Gasteiger partial charge on any atom is 0.358 e. The van der Waals surface area contributed by atoms with Crippen molar-refractivity contribution in [3.63, 3.8) is 0 Å². The molecule has 2 rings (SSSR count). The highest BCUT2D eigenvalue weighted by Crippen LogP contribution is 2.16. The molecule has 0 aliphatic rings. The standard InChI is InChI=1S/C20H20ClN5O5/c1-3-31-19(28)14(18(27)13-7-5-4-6-8-13)11-22-15(20(29)30-2)12-23-25-17-10-9-16(21)24-26-17/h4-12,23,27H,3H2,1-2H3,(H,25,26)/b15-12-,18-14+,22-11+. The first-order valence-corrected chi connectivity index (χ1v) is 9.33. The van der Waals surface area contributed by atoms with E-state index in [1.54, 1.807) is 43.3 Å². The van der Waals surface area contributed by atoms with E-state index in [2.05, 4.69) is 30.8 Å². The zero-order chi connectivity index (χ0) is 22.6. The molecule has 11 heteroatoms. The number of carbonyl (C=O) groups is 2. The van der Waals surface area contributed by atoms with Crippen molar-refractivity contribution in [1.82, 2.24) is 15.6 Å². The largest absolute Gasteiger partial charge is 0.506 e. The van der Waals surface area contributed by atoms with Crippen molar-refractivity contribution < 1.29 is 24.2 Å². The van der Waals surface area contributed by atoms with Crippen LogP contribution < -0.4 is 10.9 Å². The summed E-state index contributed by atoms with van der Waals surface area (Å²) in [5, 5.41) is 18.2. The number of aliphatic imine (C=N–C) groups is 1. The summed E-state index contributed by atoms with van der Waals surface area (Å²) in [5.41, 5.74) is 5.21. The number of halogens is 1. The lowest BCUT2D eigenvalue weighted by Crippen LogP contribution is -2.18. The molecule has 0 radical (unpaired) electrons. The summed E-state index contributed by atoms with van der Waals surface area (Å²) in [5.74, 6) is -1.63. The molecule has 0 aliphatic heterocycles. The zero-order valence-corrected chi connectivity index (χ0v) is 17.5. The van der Waals surface area contributed by atoms with Gasteiger partial charge in [-0.1, -0.05) is 41.9 Å². The summed E-state index contributed by atoms with van der Waals surface area (Å²) < 4.78 is 9.66. The molecule has 162 valence electrons. The third kappa shape index (κ3) is 7.12. The van der Waals surface area contributed by atoms with Gasteiger partial charge in [0.1, 0.15) is 11.3 Å². The van der Waals surface area contributed by atoms with Crippen molar-refractivity contribution in [3.05, 3.63) is 70.7 Å². The number of ether oxygens (including phenoxy) is 2. The maximum atomic E-state index is 12.3. The number of aliphatic hydroxyl groups excluding tert-OH is 1. The van der Waals surface area contributed by atoms with Crippen LogP contribution in [0.2, 0.25) is 5.15 Å². The number of esters is 2. The quantitative estimate of drug-likeness (QED) is 0.175. The third-order valence-electron chi connectivity index (χ3n) is 3.57. The number of hydrogen-bond acceptors (Lipinski definition) is 10. The molecule has 1 heterocycles. The first-order chi connectivity index (χ1) is 15.0. The second kappa shape index (κ2) is 11.9. The molecule has 1 aromatic carbocycles. The SMILES string of the molecule is CCOC(=O)C(/C=N/C(=C\NNc1ccc(Cl)nn1)C(=O)OC)=C(/O)c1ccccc1. The van der Waals surface area contributed by atoms with Crippen LogP contribution in [0.1, 0.15) is 12.5 Å². The van der Waals surface area contributed by atoms with Gasteiger partial charge in [0.2, 0.25) is 0 Å². The fraction of sp³-hybridized carbons (Fsp3) is 0.150. The number of hydrogen-bond donors (Lipinski definition) is 3. The van der Waals surface area contributed by atoms with Crippen LogP contribution in [-0.2, 0) is 19.1 Å². The first kappa shape index (κ1) is 23.4. The van der Waals surface area contributed by atoms with Crippen molar-refractivity contribution in [3.8, 4) is 0 Å². The molecule has 0 atom stereocenters. The van der Waals surface area contributed by atoms with Crippen LogP contribution in [0.25, 0.3) is 5.76 Å². The number of benzene rings is 1. The number of nitrogens with one attached hydrogen (secondary N) is 2. The molecule has 0 aliphatic carbocycles. The first-order valence-electron chi connectivity index (χ1n) is 8.95. The Morgan fingerprint density at radius 1 is 1.16 bits per heavy atom. The molecule has 1 aromatic heterocycles. The van der Waals surface area contributed by atoms with Gasteiger partial charge in [0.05, 0.1) is 19.9 Å². The second-order valence-corrected chi connectivity index (χ2v) is 6.03. The highest BCUT2D eigenvalue weighted by atomic mass is 35.5. The van der Waals surface area contributed by atoms with E-state index in [1.165, 1.54) is 19.4 Å². The second-order valence-electron chi connectivity index (χ2n) is 5.64. The molecule has 2 aromatic rings. The van der Waals surface area contributed by atoms with Gasteiger partial charge in [-0.25, -0.2) is 14.6 Å². The minimum absolute atomic E-state index is 0.0888. The highest BCUT2D eigenvalue weighted by molar-refractivity contribution is 6.29. The number of methoxy groups -OCH3 is 1. The van der Waals surface area contributed by atoms with E-state index in [0.717, 1.165) is 6.21 Å². The van der Waals surface area contributed by atoms with Crippen LogP contribution in [0, 0.1) is 0 Å². The molecule has 31 heavy (non-hydrogen) atoms. The van der Waals surface area contributed by atoms with E-state index >= 15 is 0 Å². The smallest absolute Gasteiger partial charge is 0.358 e. The van der Waals surface area contributed by atoms with E-state index < -0.39 is 11.9 Å². The van der Waals surface area contributed by atoms with Crippen LogP contribution in [0.4, 0.5) is 5.82 Å². The zero-order valence-electron chi connectivity index (χ0n) is 16.7. The maximum absolute atomic E-state index is 12.3. The Hall–Kier alpha value is -3.92. The van der Waals surface area contributed by atoms with Crippen molar-refractivity contribution in [2.45, 2.75) is 6.92 Å². The van der Waals surface area contributed by atoms with Crippen LogP contribution in [-0.4, -0.2) is 47.2 Å². The lowest BCUT2D eigenvalue weighted by Gasteiger charge is -2.08. The fourth-order valence-electron chi connectivity index (χ4n) is 2.12. The van der Waals surface area contributed by atoms with Crippen molar-refractivity contribution in [2.24, 2.45) is 4.99 Å². The van der Waals surface area contributed by atoms with Gasteiger partial charge in [-0.3, -0.25) is 5.43 Å². The van der Waals surface area contributed by atoms with Gasteiger partial charge >= 0.3 is 11.9 Å². The molecular weight excluding hydrogens is 426 g/mol. The number of carbonyl (C=O) groups excluding carboxylic acids is 2. The van der Waals surface area contributed by atoms with Gasteiger partial charge in [-0.15, -0.1) is 10.2 Å². The van der Waals surface area contributed by atoms with Crippen molar-refractivity contribution in [2.75, 3.05) is 19.1 Å². The van der Waals surface area contributed by atoms with Gasteiger partial charge in [-0.2, -0.15) is 0 Å². The Labute approximate surface area is 183 Å². The Bertz CT molecular complexity index is 991. The topological polar surface area (TPSA) is 135 Å². The highest BCUT2D eigenvalue weighted by Gasteiger charge is 2.17. The number of aromatic nitrogens is 2. The summed E-state index contributed by atoms with van der Waals surface area (Å²) in [7, 11) is 1.17. The lowest BCUT2D eigenvalue weighted by molar-refractivity contribution is -0.138. The van der Waals surface area contributed by atoms with Crippen LogP contribution in [0.5, 0.6) is 0 Å². The van der Waals surface area contributed by atoms with Gasteiger partial charge in [0, 0.05) is 11.8 Å². The average molecular weight is 446 g/mol. The predicted octanol–water partition coefficient (Wildman–Crippen LogP) is 2.66. The van der Waals surface area contributed by atoms with Gasteiger partial charge in [0.25, 0.3) is 0 Å². The number of anilines is 1. The Morgan fingerprint density at radius 2 is 1.90 bits per heavy atom. The molecule has 0 saturated heterocycles. The van der Waals surface area contributed by atoms with Gasteiger partial charge in [-0.05, 0) is 19.1 Å². The summed E-state index contributed by atoms with van der Waals surface area (Å²) in [4.78, 5) is 28.3. The minimum atomic E-state index is -0.806. The molecule has 0 spiro atoms. The lowest BCUT2D eigenvalue weighted by atomic mass is 10.1. The summed E-state index contributed by atoms with van der Waals surface area (Å²) in [6, 6.07) is 11.4. The van der Waals surface area contributed by atoms with Gasteiger partial charge in [0.15, 0.2) is 16.7 Å². The molecule has 0 amide bonds.